The Bertz CT molecular complexity index is 1320. The van der Waals surface area contributed by atoms with Crippen molar-refractivity contribution in [3.63, 3.8) is 0 Å². The van der Waals surface area contributed by atoms with Crippen molar-refractivity contribution >= 4 is 40.3 Å². The maximum absolute atomic E-state index is 13.7. The average molecular weight is 548 g/mol. The standard InChI is InChI=1S/C24H24ClF2N7O2S/c1-29-24(28)34(20(12-36-2)16-7-8-19(25)18(9-16)21-32-30-13-37-21)22(35)15-5-3-14(4-6-15)17-10-31-33(11-17)23(26)27/h3-11,20,23,30H,12-13H2,1-2H3,(H2,28,29). The van der Waals surface area contributed by atoms with Gasteiger partial charge in [0.15, 0.2) is 5.96 Å². The largest absolute Gasteiger partial charge is 0.382 e. The third kappa shape index (κ3) is 5.76. The quantitative estimate of drug-likeness (QED) is 0.282. The van der Waals surface area contributed by atoms with Crippen LogP contribution in [0.15, 0.2) is 60.0 Å². The SMILES string of the molecule is CNC(=N)N(C(=O)c1ccc(-c2cnn(C(F)F)c2)cc1)C(COC)c1ccc(Cl)c(C2=NNCS2)c1. The summed E-state index contributed by atoms with van der Waals surface area (Å²) in [6, 6.07) is 11.2. The van der Waals surface area contributed by atoms with Crippen molar-refractivity contribution in [1.29, 1.82) is 5.41 Å². The molecule has 2 aromatic carbocycles. The van der Waals surface area contributed by atoms with E-state index < -0.39 is 18.5 Å². The minimum Gasteiger partial charge on any atom is -0.382 e. The number of halogens is 3. The molecule has 9 nitrogen and oxygen atoms in total. The summed E-state index contributed by atoms with van der Waals surface area (Å²) in [5.74, 6) is 0.0627. The second-order valence-corrected chi connectivity index (χ2v) is 9.28. The van der Waals surface area contributed by atoms with Crippen LogP contribution in [0.5, 0.6) is 0 Å². The number of carbonyl (C=O) groups is 1. The molecule has 1 unspecified atom stereocenters. The Morgan fingerprint density at radius 2 is 2.05 bits per heavy atom. The second kappa shape index (κ2) is 11.7. The first-order chi connectivity index (χ1) is 17.8. The minimum atomic E-state index is -2.74. The Balaban J connectivity index is 1.67. The van der Waals surface area contributed by atoms with Gasteiger partial charge in [0.2, 0.25) is 0 Å². The van der Waals surface area contributed by atoms with Gasteiger partial charge in [0, 0.05) is 37.0 Å². The summed E-state index contributed by atoms with van der Waals surface area (Å²) in [6.45, 7) is -2.63. The van der Waals surface area contributed by atoms with Gasteiger partial charge in [-0.05, 0) is 35.4 Å². The normalized spacial score (nSPS) is 13.7. The van der Waals surface area contributed by atoms with Gasteiger partial charge in [0.25, 0.3) is 5.91 Å². The van der Waals surface area contributed by atoms with Crippen LogP contribution in [0, 0.1) is 5.41 Å². The van der Waals surface area contributed by atoms with E-state index in [0.29, 0.717) is 43.4 Å². The van der Waals surface area contributed by atoms with E-state index in [4.69, 9.17) is 21.7 Å². The number of nitrogens with one attached hydrogen (secondary N) is 3. The first-order valence-electron chi connectivity index (χ1n) is 11.1. The van der Waals surface area contributed by atoms with Crippen molar-refractivity contribution < 1.29 is 18.3 Å². The molecule has 4 rings (SSSR count). The minimum absolute atomic E-state index is 0.111. The van der Waals surface area contributed by atoms with E-state index in [2.05, 4.69) is 20.9 Å². The molecule has 0 spiro atoms. The molecule has 1 aliphatic rings. The number of amides is 1. The van der Waals surface area contributed by atoms with Crippen LogP contribution >= 0.6 is 23.4 Å². The third-order valence-electron chi connectivity index (χ3n) is 5.66. The molecule has 0 saturated carbocycles. The molecule has 1 aromatic heterocycles. The molecular formula is C24H24ClF2N7O2S. The smallest absolute Gasteiger partial charge is 0.333 e. The number of methoxy groups -OCH3 is 1. The second-order valence-electron chi connectivity index (χ2n) is 7.91. The van der Waals surface area contributed by atoms with E-state index in [1.807, 2.05) is 6.07 Å². The first-order valence-corrected chi connectivity index (χ1v) is 12.4. The molecule has 0 aliphatic carbocycles. The number of aromatic nitrogens is 2. The van der Waals surface area contributed by atoms with Crippen LogP contribution in [0.25, 0.3) is 11.1 Å². The Morgan fingerprint density at radius 1 is 1.30 bits per heavy atom. The molecule has 0 fully saturated rings. The van der Waals surface area contributed by atoms with Crippen molar-refractivity contribution in [2.75, 3.05) is 26.6 Å². The monoisotopic (exact) mass is 547 g/mol. The highest BCUT2D eigenvalue weighted by Crippen LogP contribution is 2.31. The molecule has 194 valence electrons. The van der Waals surface area contributed by atoms with Crippen LogP contribution in [0.1, 0.15) is 34.1 Å². The van der Waals surface area contributed by atoms with Gasteiger partial charge in [-0.15, -0.1) is 0 Å². The number of hydrazone groups is 1. The van der Waals surface area contributed by atoms with E-state index in [-0.39, 0.29) is 12.6 Å². The first kappa shape index (κ1) is 26.6. The summed E-state index contributed by atoms with van der Waals surface area (Å²) >= 11 is 7.94. The Morgan fingerprint density at radius 3 is 2.65 bits per heavy atom. The molecule has 13 heteroatoms. The zero-order chi connectivity index (χ0) is 26.5. The van der Waals surface area contributed by atoms with E-state index in [1.165, 1.54) is 36.2 Å². The summed E-state index contributed by atoms with van der Waals surface area (Å²) in [4.78, 5) is 15.0. The molecule has 1 atom stereocenters. The highest BCUT2D eigenvalue weighted by molar-refractivity contribution is 8.14. The van der Waals surface area contributed by atoms with Gasteiger partial charge in [0.1, 0.15) is 5.04 Å². The number of nitrogens with zero attached hydrogens (tertiary/aromatic N) is 4. The number of thioether (sulfide) groups is 1. The summed E-state index contributed by atoms with van der Waals surface area (Å²) < 4.78 is 31.8. The predicted molar refractivity (Wildman–Crippen MR) is 140 cm³/mol. The van der Waals surface area contributed by atoms with Crippen LogP contribution in [-0.4, -0.2) is 58.2 Å². The maximum Gasteiger partial charge on any atom is 0.333 e. The van der Waals surface area contributed by atoms with Crippen LogP contribution in [0.4, 0.5) is 8.78 Å². The molecular weight excluding hydrogens is 524 g/mol. The fourth-order valence-corrected chi connectivity index (χ4v) is 4.81. The molecule has 0 saturated heterocycles. The van der Waals surface area contributed by atoms with Crippen LogP contribution in [-0.2, 0) is 4.74 Å². The lowest BCUT2D eigenvalue weighted by molar-refractivity contribution is 0.0566. The van der Waals surface area contributed by atoms with Crippen LogP contribution in [0.3, 0.4) is 0 Å². The van der Waals surface area contributed by atoms with Crippen molar-refractivity contribution in [3.05, 3.63) is 76.6 Å². The summed E-state index contributed by atoms with van der Waals surface area (Å²) in [6.07, 6.45) is 2.57. The lowest BCUT2D eigenvalue weighted by Gasteiger charge is -2.32. The van der Waals surface area contributed by atoms with Crippen molar-refractivity contribution in [3.8, 4) is 11.1 Å². The van der Waals surface area contributed by atoms with E-state index in [0.717, 1.165) is 5.04 Å². The van der Waals surface area contributed by atoms with Gasteiger partial charge in [-0.1, -0.05) is 41.6 Å². The fourth-order valence-electron chi connectivity index (χ4n) is 3.82. The van der Waals surface area contributed by atoms with Crippen LogP contribution < -0.4 is 10.7 Å². The number of rotatable bonds is 8. The van der Waals surface area contributed by atoms with Crippen molar-refractivity contribution in [2.24, 2.45) is 5.10 Å². The zero-order valence-corrected chi connectivity index (χ0v) is 21.5. The van der Waals surface area contributed by atoms with E-state index >= 15 is 0 Å². The fraction of sp³-hybridized carbons (Fsp3) is 0.250. The predicted octanol–water partition coefficient (Wildman–Crippen LogP) is 4.54. The Hall–Kier alpha value is -3.48. The summed E-state index contributed by atoms with van der Waals surface area (Å²) in [5, 5.41) is 20.4. The summed E-state index contributed by atoms with van der Waals surface area (Å²) in [7, 11) is 3.07. The Labute approximate surface area is 221 Å². The number of guanidine groups is 1. The highest BCUT2D eigenvalue weighted by atomic mass is 35.5. The highest BCUT2D eigenvalue weighted by Gasteiger charge is 2.30. The van der Waals surface area contributed by atoms with Crippen molar-refractivity contribution in [1.82, 2.24) is 25.4 Å². The van der Waals surface area contributed by atoms with Gasteiger partial charge in [-0.2, -0.15) is 19.0 Å². The topological polar surface area (TPSA) is 108 Å². The maximum atomic E-state index is 13.7. The van der Waals surface area contributed by atoms with Gasteiger partial charge in [-0.25, -0.2) is 4.68 Å². The number of alkyl halides is 2. The molecule has 0 radical (unpaired) electrons. The molecule has 1 aliphatic heterocycles. The number of ether oxygens (including phenoxy) is 1. The third-order valence-corrected chi connectivity index (χ3v) is 6.85. The number of benzene rings is 2. The molecule has 37 heavy (non-hydrogen) atoms. The molecule has 2 heterocycles. The van der Waals surface area contributed by atoms with E-state index in [1.54, 1.807) is 43.4 Å². The lowest BCUT2D eigenvalue weighted by atomic mass is 10.0. The summed E-state index contributed by atoms with van der Waals surface area (Å²) in [5.41, 5.74) is 5.75. The van der Waals surface area contributed by atoms with Crippen LogP contribution in [0.2, 0.25) is 5.02 Å². The lowest BCUT2D eigenvalue weighted by Crippen LogP contribution is -2.46. The number of hydrogen-bond acceptors (Lipinski definition) is 7. The van der Waals surface area contributed by atoms with Crippen molar-refractivity contribution in [2.45, 2.75) is 12.6 Å². The molecule has 1 amide bonds. The van der Waals surface area contributed by atoms with E-state index in [9.17, 15) is 13.6 Å². The molecule has 3 aromatic rings. The average Bonchev–Trinajstić information content (AvgIpc) is 3.62. The number of hydrogen-bond donors (Lipinski definition) is 3. The van der Waals surface area contributed by atoms with Gasteiger partial charge >= 0.3 is 6.55 Å². The molecule has 3 N–H and O–H groups in total. The van der Waals surface area contributed by atoms with Gasteiger partial charge in [0.05, 0.1) is 29.7 Å². The zero-order valence-electron chi connectivity index (χ0n) is 19.9. The molecule has 0 bridgehead atoms. The van der Waals surface area contributed by atoms with Gasteiger partial charge < -0.3 is 10.1 Å². The van der Waals surface area contributed by atoms with Gasteiger partial charge in [-0.3, -0.25) is 20.5 Å². The number of carbonyl (C=O) groups excluding carboxylic acids is 1. The Kier molecular flexibility index (Phi) is 8.41.